The van der Waals surface area contributed by atoms with E-state index in [2.05, 4.69) is 36.4 Å². The first-order chi connectivity index (χ1) is 18.8. The summed E-state index contributed by atoms with van der Waals surface area (Å²) in [5, 5.41) is 30.3. The molecule has 39 heavy (non-hydrogen) atoms. The third-order valence-electron chi connectivity index (χ3n) is 8.68. The third-order valence-corrected chi connectivity index (χ3v) is 10.0. The number of thioether (sulfide) groups is 1. The molecule has 5 aliphatic rings. The van der Waals surface area contributed by atoms with Gasteiger partial charge in [-0.1, -0.05) is 0 Å². The van der Waals surface area contributed by atoms with Crippen molar-refractivity contribution < 1.29 is 24.3 Å². The number of aliphatic carboxylic acids is 1. The van der Waals surface area contributed by atoms with Crippen molar-refractivity contribution >= 4 is 35.5 Å². The highest BCUT2D eigenvalue weighted by molar-refractivity contribution is 8.03. The number of piperidine rings is 1. The predicted molar refractivity (Wildman–Crippen MR) is 138 cm³/mol. The molecule has 0 aromatic carbocycles. The van der Waals surface area contributed by atoms with Crippen LogP contribution in [0.2, 0.25) is 0 Å². The van der Waals surface area contributed by atoms with E-state index < -0.39 is 17.9 Å². The highest BCUT2D eigenvalue weighted by Crippen LogP contribution is 2.48. The highest BCUT2D eigenvalue weighted by Gasteiger charge is 2.57. The second-order valence-corrected chi connectivity index (χ2v) is 12.4. The summed E-state index contributed by atoms with van der Waals surface area (Å²) in [6, 6.07) is -0.752. The zero-order valence-electron chi connectivity index (χ0n) is 21.7. The van der Waals surface area contributed by atoms with Gasteiger partial charge in [0.25, 0.3) is 0 Å². The number of carboxylic acid groups (broad SMARTS) is 1. The van der Waals surface area contributed by atoms with Gasteiger partial charge in [-0.2, -0.15) is 0 Å². The Hall–Kier alpha value is -3.04. The Bertz CT molecular complexity index is 1190. The van der Waals surface area contributed by atoms with Gasteiger partial charge < -0.3 is 30.9 Å². The molecule has 0 spiro atoms. The predicted octanol–water partition coefficient (Wildman–Crippen LogP) is -1.62. The molecule has 1 aromatic rings. The number of nitrogens with one attached hydrogen (secondary N) is 3. The van der Waals surface area contributed by atoms with Crippen molar-refractivity contribution in [2.45, 2.75) is 68.6 Å². The lowest BCUT2D eigenvalue weighted by atomic mass is 9.82. The van der Waals surface area contributed by atoms with Crippen LogP contribution in [0.3, 0.4) is 0 Å². The molecular formula is C24H33N9O5S. The van der Waals surface area contributed by atoms with Crippen molar-refractivity contribution in [1.82, 2.24) is 46.0 Å². The van der Waals surface area contributed by atoms with Crippen molar-refractivity contribution in [3.63, 3.8) is 0 Å². The number of carbonyl (C=O) groups is 4. The Morgan fingerprint density at radius 1 is 1.26 bits per heavy atom. The van der Waals surface area contributed by atoms with Crippen LogP contribution in [0.15, 0.2) is 16.9 Å². The first-order valence-corrected chi connectivity index (χ1v) is 14.4. The van der Waals surface area contributed by atoms with Gasteiger partial charge in [-0.05, 0) is 55.6 Å². The van der Waals surface area contributed by atoms with E-state index in [9.17, 15) is 24.3 Å². The number of amides is 3. The number of β-lactam (4-membered cyclic amide) rings is 1. The second-order valence-electron chi connectivity index (χ2n) is 11.0. The smallest absolute Gasteiger partial charge is 0.353 e. The van der Waals surface area contributed by atoms with Crippen LogP contribution in [0.25, 0.3) is 0 Å². The van der Waals surface area contributed by atoms with Crippen LogP contribution in [0.5, 0.6) is 0 Å². The molecule has 4 N–H and O–H groups in total. The zero-order valence-corrected chi connectivity index (χ0v) is 22.5. The SMILES string of the molecule is C[C@@H](NC(=O)Cn1cnnn1)[C@H]1C(=O)N2C(C(=O)O)=C(S[C@@H]3CN[C@H](C(=O)N4CCC5CNCCC54)C3)CC12. The molecule has 3 unspecified atom stereocenters. The maximum atomic E-state index is 13.3. The topological polar surface area (TPSA) is 175 Å². The lowest BCUT2D eigenvalue weighted by molar-refractivity contribution is -0.157. The Morgan fingerprint density at radius 3 is 2.87 bits per heavy atom. The van der Waals surface area contributed by atoms with Crippen LogP contribution in [-0.4, -0.2) is 114 Å². The Balaban J connectivity index is 1.06. The first-order valence-electron chi connectivity index (χ1n) is 13.5. The van der Waals surface area contributed by atoms with Crippen LogP contribution in [-0.2, 0) is 25.7 Å². The minimum atomic E-state index is -1.13. The fraction of sp³-hybridized carbons (Fsp3) is 0.708. The van der Waals surface area contributed by atoms with Gasteiger partial charge in [-0.3, -0.25) is 14.4 Å². The van der Waals surface area contributed by atoms with E-state index in [4.69, 9.17) is 0 Å². The fourth-order valence-corrected chi connectivity index (χ4v) is 8.32. The van der Waals surface area contributed by atoms with E-state index in [0.717, 1.165) is 32.5 Å². The van der Waals surface area contributed by atoms with Crippen LogP contribution >= 0.6 is 11.8 Å². The molecule has 210 valence electrons. The summed E-state index contributed by atoms with van der Waals surface area (Å²) in [4.78, 5) is 55.1. The molecule has 15 heteroatoms. The summed E-state index contributed by atoms with van der Waals surface area (Å²) in [5.41, 5.74) is 0.0327. The van der Waals surface area contributed by atoms with Crippen LogP contribution in [0.4, 0.5) is 0 Å². The average Bonchev–Trinajstić information content (AvgIpc) is 3.70. The molecule has 5 aliphatic heterocycles. The molecule has 6 heterocycles. The minimum Gasteiger partial charge on any atom is -0.477 e. The minimum absolute atomic E-state index is 0.0327. The lowest BCUT2D eigenvalue weighted by Gasteiger charge is -2.46. The van der Waals surface area contributed by atoms with Gasteiger partial charge in [0.05, 0.1) is 18.0 Å². The molecule has 7 atom stereocenters. The summed E-state index contributed by atoms with van der Waals surface area (Å²) in [5.74, 6) is -1.60. The van der Waals surface area contributed by atoms with Gasteiger partial charge >= 0.3 is 5.97 Å². The van der Waals surface area contributed by atoms with Crippen LogP contribution < -0.4 is 16.0 Å². The lowest BCUT2D eigenvalue weighted by Crippen LogP contribution is -2.64. The molecule has 4 fully saturated rings. The number of carboxylic acids is 1. The van der Waals surface area contributed by atoms with Crippen molar-refractivity contribution in [1.29, 1.82) is 0 Å². The van der Waals surface area contributed by atoms with Gasteiger partial charge in [0, 0.05) is 41.7 Å². The number of nitrogens with zero attached hydrogens (tertiary/aromatic N) is 6. The van der Waals surface area contributed by atoms with Crippen LogP contribution in [0.1, 0.15) is 32.6 Å². The van der Waals surface area contributed by atoms with E-state index in [-0.39, 0.29) is 47.3 Å². The average molecular weight is 560 g/mol. The van der Waals surface area contributed by atoms with Crippen molar-refractivity contribution in [2.24, 2.45) is 11.8 Å². The number of tetrazole rings is 1. The number of aromatic nitrogens is 4. The van der Waals surface area contributed by atoms with E-state index in [1.807, 2.05) is 0 Å². The molecule has 0 aliphatic carbocycles. The van der Waals surface area contributed by atoms with E-state index in [1.54, 1.807) is 6.92 Å². The molecule has 14 nitrogen and oxygen atoms in total. The normalized spacial score (nSPS) is 32.6. The van der Waals surface area contributed by atoms with Crippen molar-refractivity contribution in [3.8, 4) is 0 Å². The van der Waals surface area contributed by atoms with E-state index >= 15 is 0 Å². The summed E-state index contributed by atoms with van der Waals surface area (Å²) < 4.78 is 1.29. The molecule has 0 saturated carbocycles. The largest absolute Gasteiger partial charge is 0.477 e. The quantitative estimate of drug-likeness (QED) is 0.269. The summed E-state index contributed by atoms with van der Waals surface area (Å²) >= 11 is 1.47. The van der Waals surface area contributed by atoms with E-state index in [0.29, 0.717) is 36.3 Å². The third kappa shape index (κ3) is 4.80. The fourth-order valence-electron chi connectivity index (χ4n) is 6.89. The molecule has 3 amide bonds. The standard InChI is InChI=1S/C24H33N9O5S/c1-12(28-19(34)10-31-11-27-29-30-31)20-17-7-18(21(24(37)38)33(17)23(20)36)39-14-6-15(26-9-14)22(35)32-5-3-13-8-25-4-2-16(13)32/h11-17,20,25-26H,2-10H2,1H3,(H,28,34)(H,37,38)/t12-,13?,14+,15+,16?,17?,20-/m1/s1. The monoisotopic (exact) mass is 559 g/mol. The van der Waals surface area contributed by atoms with Gasteiger partial charge in [-0.15, -0.1) is 16.9 Å². The van der Waals surface area contributed by atoms with Crippen molar-refractivity contribution in [3.05, 3.63) is 16.9 Å². The van der Waals surface area contributed by atoms with Gasteiger partial charge in [-0.25, -0.2) is 9.48 Å². The maximum Gasteiger partial charge on any atom is 0.353 e. The van der Waals surface area contributed by atoms with Crippen molar-refractivity contribution in [2.75, 3.05) is 26.2 Å². The highest BCUT2D eigenvalue weighted by atomic mass is 32.2. The number of fused-ring (bicyclic) bond motifs is 2. The number of carbonyl (C=O) groups excluding carboxylic acids is 3. The summed E-state index contributed by atoms with van der Waals surface area (Å²) in [6.45, 7) is 4.99. The van der Waals surface area contributed by atoms with Gasteiger partial charge in [0.15, 0.2) is 0 Å². The first kappa shape index (κ1) is 26.2. The Morgan fingerprint density at radius 2 is 2.10 bits per heavy atom. The van der Waals surface area contributed by atoms with Gasteiger partial charge in [0.2, 0.25) is 17.7 Å². The number of hydrogen-bond acceptors (Lipinski definition) is 10. The maximum absolute atomic E-state index is 13.3. The van der Waals surface area contributed by atoms with Crippen LogP contribution in [0, 0.1) is 11.8 Å². The summed E-state index contributed by atoms with van der Waals surface area (Å²) in [6.07, 6.45) is 4.39. The molecule has 4 saturated heterocycles. The number of hydrogen-bond donors (Lipinski definition) is 4. The zero-order chi connectivity index (χ0) is 27.3. The molecule has 0 radical (unpaired) electrons. The molecule has 0 bridgehead atoms. The Labute approximate surface area is 229 Å². The molecule has 1 aromatic heterocycles. The molecule has 6 rings (SSSR count). The summed E-state index contributed by atoms with van der Waals surface area (Å²) in [7, 11) is 0. The number of likely N-dealkylation sites (tertiary alicyclic amines) is 1. The Kier molecular flexibility index (Phi) is 7.05. The molecular weight excluding hydrogens is 526 g/mol. The second kappa shape index (κ2) is 10.5. The number of rotatable bonds is 8. The van der Waals surface area contributed by atoms with Gasteiger partial charge in [0.1, 0.15) is 18.6 Å². The van der Waals surface area contributed by atoms with E-state index in [1.165, 1.54) is 27.7 Å².